The maximum Gasteiger partial charge on any atom is -0.0348 e. The third-order valence-electron chi connectivity index (χ3n) is 2.70. The van der Waals surface area contributed by atoms with Crippen LogP contribution >= 0.6 is 0 Å². The highest BCUT2D eigenvalue weighted by atomic mass is 14.2. The number of allylic oxidation sites excluding steroid dienone is 2. The van der Waals surface area contributed by atoms with Gasteiger partial charge in [0.15, 0.2) is 0 Å². The molecule has 0 aromatic rings. The first kappa shape index (κ1) is 8.83. The normalized spacial score (nSPS) is 21.2. The Kier molecular flexibility index (Phi) is 4.33. The van der Waals surface area contributed by atoms with Gasteiger partial charge in [-0.05, 0) is 25.7 Å². The molecule has 0 unspecified atom stereocenters. The molecule has 0 saturated heterocycles. The largest absolute Gasteiger partial charge is 0.0917 e. The number of hydrogen-bond donors (Lipinski definition) is 0. The monoisotopic (exact) mass is 152 g/mol. The van der Waals surface area contributed by atoms with Crippen LogP contribution in [-0.2, 0) is 0 Å². The van der Waals surface area contributed by atoms with Crippen molar-refractivity contribution < 1.29 is 0 Å². The Morgan fingerprint density at radius 1 is 1.18 bits per heavy atom. The summed E-state index contributed by atoms with van der Waals surface area (Å²) in [5.41, 5.74) is 0. The van der Waals surface area contributed by atoms with Crippen LogP contribution in [0.25, 0.3) is 0 Å². The average molecular weight is 152 g/mol. The number of hydrogen-bond acceptors (Lipinski definition) is 0. The van der Waals surface area contributed by atoms with E-state index < -0.39 is 0 Å². The van der Waals surface area contributed by atoms with Crippen molar-refractivity contribution in [3.63, 3.8) is 0 Å². The van der Waals surface area contributed by atoms with Crippen molar-refractivity contribution in [1.29, 1.82) is 0 Å². The molecule has 0 aromatic carbocycles. The molecule has 0 aliphatic heterocycles. The minimum Gasteiger partial charge on any atom is -0.0917 e. The van der Waals surface area contributed by atoms with Crippen molar-refractivity contribution in [3.05, 3.63) is 12.2 Å². The molecule has 0 amide bonds. The molecule has 0 bridgehead atoms. The van der Waals surface area contributed by atoms with E-state index in [0.717, 1.165) is 5.92 Å². The van der Waals surface area contributed by atoms with Crippen LogP contribution in [0.1, 0.15) is 51.9 Å². The Hall–Kier alpha value is -0.260. The molecule has 64 valence electrons. The molecule has 1 aliphatic carbocycles. The van der Waals surface area contributed by atoms with E-state index in [2.05, 4.69) is 19.1 Å². The summed E-state index contributed by atoms with van der Waals surface area (Å²) in [6.07, 6.45) is 14.7. The lowest BCUT2D eigenvalue weighted by molar-refractivity contribution is 0.341. The quantitative estimate of drug-likeness (QED) is 0.538. The van der Waals surface area contributed by atoms with Crippen LogP contribution in [0, 0.1) is 5.92 Å². The maximum absolute atomic E-state index is 2.30. The van der Waals surface area contributed by atoms with Crippen LogP contribution in [-0.4, -0.2) is 0 Å². The van der Waals surface area contributed by atoms with Gasteiger partial charge in [-0.1, -0.05) is 44.3 Å². The first-order valence-corrected chi connectivity index (χ1v) is 5.04. The van der Waals surface area contributed by atoms with E-state index >= 15 is 0 Å². The molecule has 0 heteroatoms. The van der Waals surface area contributed by atoms with Crippen LogP contribution in [0.3, 0.4) is 0 Å². The zero-order valence-electron chi connectivity index (χ0n) is 7.68. The molecule has 0 nitrogen and oxygen atoms in total. The van der Waals surface area contributed by atoms with Crippen LogP contribution in [0.2, 0.25) is 0 Å². The van der Waals surface area contributed by atoms with Crippen molar-refractivity contribution in [2.24, 2.45) is 5.92 Å². The van der Waals surface area contributed by atoms with Gasteiger partial charge in [0, 0.05) is 0 Å². The van der Waals surface area contributed by atoms with Gasteiger partial charge in [-0.25, -0.2) is 0 Å². The lowest BCUT2D eigenvalue weighted by Crippen LogP contribution is -2.05. The van der Waals surface area contributed by atoms with E-state index in [1.807, 2.05) is 0 Å². The fourth-order valence-corrected chi connectivity index (χ4v) is 1.97. The molecular formula is C11H20. The number of rotatable bonds is 3. The van der Waals surface area contributed by atoms with E-state index in [4.69, 9.17) is 0 Å². The molecule has 0 N–H and O–H groups in total. The van der Waals surface area contributed by atoms with Crippen molar-refractivity contribution >= 4 is 0 Å². The second-order valence-corrected chi connectivity index (χ2v) is 3.65. The zero-order valence-corrected chi connectivity index (χ0v) is 7.68. The maximum atomic E-state index is 2.30. The Morgan fingerprint density at radius 3 is 2.55 bits per heavy atom. The Labute approximate surface area is 70.7 Å². The van der Waals surface area contributed by atoms with Gasteiger partial charge >= 0.3 is 0 Å². The van der Waals surface area contributed by atoms with Crippen LogP contribution in [0.15, 0.2) is 12.2 Å². The van der Waals surface area contributed by atoms with Gasteiger partial charge < -0.3 is 0 Å². The van der Waals surface area contributed by atoms with Crippen molar-refractivity contribution in [1.82, 2.24) is 0 Å². The summed E-state index contributed by atoms with van der Waals surface area (Å²) in [5.74, 6) is 1.06. The van der Waals surface area contributed by atoms with E-state index in [1.54, 1.807) is 0 Å². The van der Waals surface area contributed by atoms with Crippen molar-refractivity contribution in [2.75, 3.05) is 0 Å². The third-order valence-corrected chi connectivity index (χ3v) is 2.70. The lowest BCUT2D eigenvalue weighted by Gasteiger charge is -2.20. The van der Waals surface area contributed by atoms with E-state index in [1.165, 1.54) is 44.9 Å². The molecule has 0 aromatic heterocycles. The molecule has 0 spiro atoms. The predicted molar refractivity (Wildman–Crippen MR) is 50.6 cm³/mol. The molecular weight excluding hydrogens is 132 g/mol. The average Bonchev–Trinajstić information content (AvgIpc) is 2.07. The lowest BCUT2D eigenvalue weighted by atomic mass is 9.86. The SMILES string of the molecule is C/C=C/CCC1CCCCC1. The fourth-order valence-electron chi connectivity index (χ4n) is 1.97. The molecule has 1 rings (SSSR count). The summed E-state index contributed by atoms with van der Waals surface area (Å²) in [6, 6.07) is 0. The molecule has 1 saturated carbocycles. The second kappa shape index (κ2) is 5.40. The molecule has 0 radical (unpaired) electrons. The molecule has 11 heavy (non-hydrogen) atoms. The Balaban J connectivity index is 2.04. The van der Waals surface area contributed by atoms with Crippen LogP contribution in [0.5, 0.6) is 0 Å². The van der Waals surface area contributed by atoms with E-state index in [-0.39, 0.29) is 0 Å². The summed E-state index contributed by atoms with van der Waals surface area (Å²) in [6.45, 7) is 2.11. The minimum atomic E-state index is 1.06. The predicted octanol–water partition coefficient (Wildman–Crippen LogP) is 3.92. The molecule has 0 atom stereocenters. The van der Waals surface area contributed by atoms with Gasteiger partial charge in [0.1, 0.15) is 0 Å². The smallest absolute Gasteiger partial charge is 0.0348 e. The first-order valence-electron chi connectivity index (χ1n) is 5.04. The summed E-state index contributed by atoms with van der Waals surface area (Å²) in [5, 5.41) is 0. The summed E-state index contributed by atoms with van der Waals surface area (Å²) >= 11 is 0. The summed E-state index contributed by atoms with van der Waals surface area (Å²) in [4.78, 5) is 0. The molecule has 1 aliphatic rings. The van der Waals surface area contributed by atoms with Gasteiger partial charge in [0.25, 0.3) is 0 Å². The second-order valence-electron chi connectivity index (χ2n) is 3.65. The van der Waals surface area contributed by atoms with Gasteiger partial charge in [-0.2, -0.15) is 0 Å². The standard InChI is InChI=1S/C11H20/c1-2-3-5-8-11-9-6-4-7-10-11/h2-3,11H,4-10H2,1H3/b3-2+. The molecule has 0 heterocycles. The van der Waals surface area contributed by atoms with Crippen LogP contribution < -0.4 is 0 Å². The van der Waals surface area contributed by atoms with Gasteiger partial charge in [0.2, 0.25) is 0 Å². The van der Waals surface area contributed by atoms with Crippen molar-refractivity contribution in [2.45, 2.75) is 51.9 Å². The Bertz CT molecular complexity index is 107. The Morgan fingerprint density at radius 2 is 1.91 bits per heavy atom. The summed E-state index contributed by atoms with van der Waals surface area (Å²) < 4.78 is 0. The van der Waals surface area contributed by atoms with Gasteiger partial charge in [-0.3, -0.25) is 0 Å². The fraction of sp³-hybridized carbons (Fsp3) is 0.818. The highest BCUT2D eigenvalue weighted by Crippen LogP contribution is 2.27. The first-order chi connectivity index (χ1) is 5.43. The zero-order chi connectivity index (χ0) is 7.94. The van der Waals surface area contributed by atoms with Gasteiger partial charge in [0.05, 0.1) is 0 Å². The highest BCUT2D eigenvalue weighted by Gasteiger charge is 2.11. The summed E-state index contributed by atoms with van der Waals surface area (Å²) in [7, 11) is 0. The van der Waals surface area contributed by atoms with Crippen LogP contribution in [0.4, 0.5) is 0 Å². The van der Waals surface area contributed by atoms with Gasteiger partial charge in [-0.15, -0.1) is 0 Å². The van der Waals surface area contributed by atoms with Crippen molar-refractivity contribution in [3.8, 4) is 0 Å². The molecule has 1 fully saturated rings. The topological polar surface area (TPSA) is 0 Å². The highest BCUT2D eigenvalue weighted by molar-refractivity contribution is 4.78. The van der Waals surface area contributed by atoms with E-state index in [9.17, 15) is 0 Å². The third kappa shape index (κ3) is 3.60. The minimum absolute atomic E-state index is 1.06. The van der Waals surface area contributed by atoms with E-state index in [0.29, 0.717) is 0 Å².